The first-order chi connectivity index (χ1) is 20.2. The molecular formula is C37H64O4. The van der Waals surface area contributed by atoms with Gasteiger partial charge >= 0.3 is 5.97 Å². The summed E-state index contributed by atoms with van der Waals surface area (Å²) in [6, 6.07) is 0. The van der Waals surface area contributed by atoms with Crippen LogP contribution in [-0.4, -0.2) is 37.0 Å². The van der Waals surface area contributed by atoms with Gasteiger partial charge in [-0.15, -0.1) is 0 Å². The van der Waals surface area contributed by atoms with Crippen LogP contribution < -0.4 is 0 Å². The summed E-state index contributed by atoms with van der Waals surface area (Å²) in [7, 11) is 0. The predicted molar refractivity (Wildman–Crippen MR) is 177 cm³/mol. The summed E-state index contributed by atoms with van der Waals surface area (Å²) in [4.78, 5) is 12.1. The van der Waals surface area contributed by atoms with Gasteiger partial charge in [0.2, 0.25) is 0 Å². The van der Waals surface area contributed by atoms with Crippen molar-refractivity contribution in [2.75, 3.05) is 19.8 Å². The summed E-state index contributed by atoms with van der Waals surface area (Å²) in [5.41, 5.74) is 0. The van der Waals surface area contributed by atoms with Gasteiger partial charge in [0.1, 0.15) is 6.10 Å². The molecule has 0 amide bonds. The number of allylic oxidation sites excluding steroid dienone is 10. The van der Waals surface area contributed by atoms with Crippen molar-refractivity contribution in [3.05, 3.63) is 60.8 Å². The lowest BCUT2D eigenvalue weighted by molar-refractivity contribution is -0.154. The molecule has 0 aliphatic rings. The highest BCUT2D eigenvalue weighted by atomic mass is 16.6. The molecule has 1 atom stereocenters. The fraction of sp³-hybridized carbons (Fsp3) is 0.703. The average molecular weight is 573 g/mol. The number of aliphatic hydroxyl groups is 1. The van der Waals surface area contributed by atoms with E-state index in [1.165, 1.54) is 51.4 Å². The molecule has 0 radical (unpaired) electrons. The minimum Gasteiger partial charge on any atom is -0.457 e. The van der Waals surface area contributed by atoms with Gasteiger partial charge in [-0.2, -0.15) is 0 Å². The number of carbonyl (C=O) groups is 1. The molecule has 0 saturated carbocycles. The smallest absolute Gasteiger partial charge is 0.306 e. The van der Waals surface area contributed by atoms with Crippen LogP contribution in [0.4, 0.5) is 0 Å². The molecule has 0 fully saturated rings. The van der Waals surface area contributed by atoms with E-state index in [1.807, 2.05) is 0 Å². The normalized spacial score (nSPS) is 13.1. The Morgan fingerprint density at radius 3 is 1.68 bits per heavy atom. The third-order valence-corrected chi connectivity index (χ3v) is 6.83. The van der Waals surface area contributed by atoms with Crippen LogP contribution in [-0.2, 0) is 14.3 Å². The summed E-state index contributed by atoms with van der Waals surface area (Å²) in [6.07, 6.45) is 44.0. The SMILES string of the molecule is CC/C=C\C/C=C\C/C=C\C/C=C\CCCCCCCOCC(CO)OC(=O)CCCCCCC/C=C\CCCC. The van der Waals surface area contributed by atoms with Gasteiger partial charge in [-0.25, -0.2) is 0 Å². The van der Waals surface area contributed by atoms with Gasteiger partial charge in [-0.05, 0) is 70.6 Å². The third kappa shape index (κ3) is 32.5. The molecule has 0 aromatic carbocycles. The summed E-state index contributed by atoms with van der Waals surface area (Å²) in [6.45, 7) is 5.13. The minimum atomic E-state index is -0.548. The van der Waals surface area contributed by atoms with Crippen LogP contribution in [0, 0.1) is 0 Å². The zero-order valence-corrected chi connectivity index (χ0v) is 26.8. The summed E-state index contributed by atoms with van der Waals surface area (Å²) < 4.78 is 11.1. The van der Waals surface area contributed by atoms with E-state index in [4.69, 9.17) is 9.47 Å². The van der Waals surface area contributed by atoms with Crippen molar-refractivity contribution in [1.82, 2.24) is 0 Å². The van der Waals surface area contributed by atoms with E-state index in [9.17, 15) is 9.90 Å². The number of esters is 1. The monoisotopic (exact) mass is 572 g/mol. The largest absolute Gasteiger partial charge is 0.457 e. The van der Waals surface area contributed by atoms with E-state index in [0.717, 1.165) is 70.6 Å². The Morgan fingerprint density at radius 2 is 1.10 bits per heavy atom. The Balaban J connectivity index is 3.53. The number of aliphatic hydroxyl groups excluding tert-OH is 1. The van der Waals surface area contributed by atoms with E-state index in [0.29, 0.717) is 13.0 Å². The maximum atomic E-state index is 12.1. The van der Waals surface area contributed by atoms with Gasteiger partial charge in [0.25, 0.3) is 0 Å². The van der Waals surface area contributed by atoms with Gasteiger partial charge in [0.15, 0.2) is 0 Å². The Kier molecular flexibility index (Phi) is 32.7. The summed E-state index contributed by atoms with van der Waals surface area (Å²) >= 11 is 0. The molecule has 4 nitrogen and oxygen atoms in total. The number of unbranched alkanes of at least 4 members (excludes halogenated alkanes) is 12. The molecule has 1 N–H and O–H groups in total. The van der Waals surface area contributed by atoms with Crippen LogP contribution >= 0.6 is 0 Å². The first kappa shape index (κ1) is 39.1. The predicted octanol–water partition coefficient (Wildman–Crippen LogP) is 10.5. The summed E-state index contributed by atoms with van der Waals surface area (Å²) in [5.74, 6) is -0.222. The van der Waals surface area contributed by atoms with Crippen molar-refractivity contribution in [3.63, 3.8) is 0 Å². The Hall–Kier alpha value is -1.91. The van der Waals surface area contributed by atoms with Crippen LogP contribution in [0.5, 0.6) is 0 Å². The molecule has 236 valence electrons. The Labute approximate surface area is 254 Å². The highest BCUT2D eigenvalue weighted by molar-refractivity contribution is 5.69. The minimum absolute atomic E-state index is 0.186. The highest BCUT2D eigenvalue weighted by Gasteiger charge is 2.13. The molecular weight excluding hydrogens is 508 g/mol. The first-order valence-corrected chi connectivity index (χ1v) is 16.9. The van der Waals surface area contributed by atoms with E-state index >= 15 is 0 Å². The van der Waals surface area contributed by atoms with Crippen molar-refractivity contribution in [3.8, 4) is 0 Å². The van der Waals surface area contributed by atoms with Crippen LogP contribution in [0.2, 0.25) is 0 Å². The Bertz CT molecular complexity index is 689. The molecule has 0 aromatic rings. The molecule has 0 saturated heterocycles. The zero-order valence-electron chi connectivity index (χ0n) is 26.8. The standard InChI is InChI=1S/C37H64O4/c1-3-5-7-9-11-13-15-16-17-18-19-20-21-23-25-27-29-31-33-40-35-36(34-38)41-37(39)32-30-28-26-24-22-14-12-10-8-6-4-2/h5,7,10-13,16-17,19-20,36,38H,3-4,6,8-9,14-15,18,21-35H2,1-2H3/b7-5-,12-10-,13-11-,17-16-,20-19-. The van der Waals surface area contributed by atoms with Crippen LogP contribution in [0.25, 0.3) is 0 Å². The van der Waals surface area contributed by atoms with Crippen LogP contribution in [0.1, 0.15) is 142 Å². The van der Waals surface area contributed by atoms with Crippen molar-refractivity contribution in [2.24, 2.45) is 0 Å². The molecule has 0 heterocycles. The number of carbonyl (C=O) groups excluding carboxylic acids is 1. The van der Waals surface area contributed by atoms with E-state index in [-0.39, 0.29) is 19.2 Å². The topological polar surface area (TPSA) is 55.8 Å². The number of rotatable bonds is 30. The molecule has 0 spiro atoms. The molecule has 0 aliphatic heterocycles. The van der Waals surface area contributed by atoms with Gasteiger partial charge in [0, 0.05) is 13.0 Å². The molecule has 0 rings (SSSR count). The fourth-order valence-corrected chi connectivity index (χ4v) is 4.30. The molecule has 0 bridgehead atoms. The fourth-order valence-electron chi connectivity index (χ4n) is 4.30. The maximum absolute atomic E-state index is 12.1. The maximum Gasteiger partial charge on any atom is 0.306 e. The second kappa shape index (κ2) is 34.3. The highest BCUT2D eigenvalue weighted by Crippen LogP contribution is 2.10. The number of ether oxygens (including phenoxy) is 2. The van der Waals surface area contributed by atoms with Crippen molar-refractivity contribution in [1.29, 1.82) is 0 Å². The molecule has 0 aliphatic carbocycles. The molecule has 41 heavy (non-hydrogen) atoms. The zero-order chi connectivity index (χ0) is 29.9. The van der Waals surface area contributed by atoms with Crippen molar-refractivity contribution < 1.29 is 19.4 Å². The third-order valence-electron chi connectivity index (χ3n) is 6.83. The Morgan fingerprint density at radius 1 is 0.610 bits per heavy atom. The second-order valence-electron chi connectivity index (χ2n) is 10.8. The van der Waals surface area contributed by atoms with Crippen molar-refractivity contribution >= 4 is 5.97 Å². The van der Waals surface area contributed by atoms with Crippen molar-refractivity contribution in [2.45, 2.75) is 148 Å². The first-order valence-electron chi connectivity index (χ1n) is 16.9. The van der Waals surface area contributed by atoms with Gasteiger partial charge in [-0.3, -0.25) is 4.79 Å². The summed E-state index contributed by atoms with van der Waals surface area (Å²) in [5, 5.41) is 9.52. The molecule has 1 unspecified atom stereocenters. The lowest BCUT2D eigenvalue weighted by atomic mass is 10.1. The average Bonchev–Trinajstić information content (AvgIpc) is 2.98. The van der Waals surface area contributed by atoms with E-state index in [1.54, 1.807) is 0 Å². The van der Waals surface area contributed by atoms with Gasteiger partial charge in [0.05, 0.1) is 13.2 Å². The van der Waals surface area contributed by atoms with E-state index in [2.05, 4.69) is 74.6 Å². The lowest BCUT2D eigenvalue weighted by Gasteiger charge is -2.15. The number of hydrogen-bond donors (Lipinski definition) is 1. The van der Waals surface area contributed by atoms with Gasteiger partial charge < -0.3 is 14.6 Å². The molecule has 4 heteroatoms. The molecule has 0 aromatic heterocycles. The second-order valence-corrected chi connectivity index (χ2v) is 10.8. The van der Waals surface area contributed by atoms with Crippen LogP contribution in [0.3, 0.4) is 0 Å². The lowest BCUT2D eigenvalue weighted by Crippen LogP contribution is -2.27. The quantitative estimate of drug-likeness (QED) is 0.0528. The van der Waals surface area contributed by atoms with Gasteiger partial charge in [-0.1, -0.05) is 126 Å². The number of hydrogen-bond acceptors (Lipinski definition) is 4. The van der Waals surface area contributed by atoms with E-state index < -0.39 is 6.10 Å². The van der Waals surface area contributed by atoms with Crippen LogP contribution in [0.15, 0.2) is 60.8 Å².